The van der Waals surface area contributed by atoms with Gasteiger partial charge in [0.15, 0.2) is 0 Å². The van der Waals surface area contributed by atoms with Crippen LogP contribution in [0.1, 0.15) is 10.4 Å². The molecular formula is C8H8O4S2. The molecule has 0 fully saturated rings. The summed E-state index contributed by atoms with van der Waals surface area (Å²) in [6.45, 7) is 0. The first-order valence-electron chi connectivity index (χ1n) is 3.64. The number of rotatable bonds is 3. The maximum Gasteiger partial charge on any atom is 0.329 e. The van der Waals surface area contributed by atoms with Crippen LogP contribution in [0.2, 0.25) is 0 Å². The summed E-state index contributed by atoms with van der Waals surface area (Å²) in [5.74, 6) is 0. The fraction of sp³-hybridized carbons (Fsp3) is 0.125. The van der Waals surface area contributed by atoms with Crippen LogP contribution in [0.3, 0.4) is 0 Å². The van der Waals surface area contributed by atoms with Gasteiger partial charge in [0.05, 0.1) is 17.9 Å². The highest BCUT2D eigenvalue weighted by molar-refractivity contribution is 8.76. The summed E-state index contributed by atoms with van der Waals surface area (Å²) in [7, 11) is -2.62. The van der Waals surface area contributed by atoms with Crippen molar-refractivity contribution in [3.8, 4) is 0 Å². The fourth-order valence-electron chi connectivity index (χ4n) is 0.749. The molecule has 0 aromatic heterocycles. The highest BCUT2D eigenvalue weighted by atomic mass is 33.1. The van der Waals surface area contributed by atoms with Gasteiger partial charge in [-0.05, 0) is 0 Å². The van der Waals surface area contributed by atoms with Crippen molar-refractivity contribution in [3.05, 3.63) is 35.9 Å². The first-order valence-corrected chi connectivity index (χ1v) is 6.39. The maximum atomic E-state index is 11.3. The standard InChI is InChI=1S/C8H8O4S2/c1-12-14(10,11)13-8(9)7-5-3-2-4-6-7/h2-6H,1H3. The van der Waals surface area contributed by atoms with Crippen LogP contribution in [0.15, 0.2) is 30.3 Å². The molecule has 0 unspecified atom stereocenters. The lowest BCUT2D eigenvalue weighted by Crippen LogP contribution is -2.02. The SMILES string of the molecule is COS(=O)(=O)SC(=O)c1ccccc1. The molecule has 0 N–H and O–H groups in total. The van der Waals surface area contributed by atoms with Crippen LogP contribution in [-0.4, -0.2) is 20.6 Å². The predicted octanol–water partition coefficient (Wildman–Crippen LogP) is 1.45. The molecule has 0 spiro atoms. The Bertz CT molecular complexity index is 410. The first-order chi connectivity index (χ1) is 6.55. The minimum atomic E-state index is -3.80. The van der Waals surface area contributed by atoms with Crippen LogP contribution >= 0.6 is 10.8 Å². The van der Waals surface area contributed by atoms with E-state index >= 15 is 0 Å². The molecule has 0 amide bonds. The lowest BCUT2D eigenvalue weighted by molar-refractivity contribution is 0.109. The van der Waals surface area contributed by atoms with Crippen molar-refractivity contribution in [1.29, 1.82) is 0 Å². The zero-order valence-electron chi connectivity index (χ0n) is 7.34. The molecule has 1 rings (SSSR count). The number of benzene rings is 1. The second-order valence-corrected chi connectivity index (χ2v) is 5.72. The second-order valence-electron chi connectivity index (χ2n) is 2.31. The molecule has 0 saturated heterocycles. The predicted molar refractivity (Wildman–Crippen MR) is 54.3 cm³/mol. The molecule has 0 aliphatic heterocycles. The lowest BCUT2D eigenvalue weighted by atomic mass is 10.2. The van der Waals surface area contributed by atoms with Gasteiger partial charge in [-0.3, -0.25) is 8.98 Å². The Morgan fingerprint density at radius 3 is 2.36 bits per heavy atom. The normalized spacial score (nSPS) is 11.2. The summed E-state index contributed by atoms with van der Waals surface area (Å²) in [5.41, 5.74) is 0.332. The smallest absolute Gasteiger partial charge is 0.280 e. The first kappa shape index (κ1) is 11.2. The van der Waals surface area contributed by atoms with E-state index in [0.717, 1.165) is 7.11 Å². The lowest BCUT2D eigenvalue weighted by Gasteiger charge is -1.99. The molecule has 14 heavy (non-hydrogen) atoms. The zero-order valence-corrected chi connectivity index (χ0v) is 8.97. The number of carbonyl (C=O) groups is 1. The fourth-order valence-corrected chi connectivity index (χ4v) is 2.28. The van der Waals surface area contributed by atoms with E-state index < -0.39 is 14.3 Å². The average molecular weight is 232 g/mol. The van der Waals surface area contributed by atoms with Gasteiger partial charge < -0.3 is 0 Å². The van der Waals surface area contributed by atoms with Gasteiger partial charge in [0.25, 0.3) is 0 Å². The van der Waals surface area contributed by atoms with Gasteiger partial charge in [0.1, 0.15) is 0 Å². The van der Waals surface area contributed by atoms with Crippen LogP contribution in [0.25, 0.3) is 0 Å². The van der Waals surface area contributed by atoms with Crippen LogP contribution < -0.4 is 0 Å². The number of carbonyl (C=O) groups excluding carboxylic acids is 1. The average Bonchev–Trinajstić information content (AvgIpc) is 2.19. The molecule has 0 bridgehead atoms. The molecule has 76 valence electrons. The van der Waals surface area contributed by atoms with Crippen molar-refractivity contribution in [2.75, 3.05) is 7.11 Å². The van der Waals surface area contributed by atoms with Gasteiger partial charge in [-0.25, -0.2) is 0 Å². The Morgan fingerprint density at radius 2 is 1.86 bits per heavy atom. The van der Waals surface area contributed by atoms with E-state index in [4.69, 9.17) is 0 Å². The van der Waals surface area contributed by atoms with Gasteiger partial charge in [-0.15, -0.1) is 0 Å². The van der Waals surface area contributed by atoms with Crippen LogP contribution in [0.5, 0.6) is 0 Å². The minimum absolute atomic E-state index is 0.166. The number of hydrogen-bond acceptors (Lipinski definition) is 5. The molecule has 6 heteroatoms. The molecule has 0 radical (unpaired) electrons. The highest BCUT2D eigenvalue weighted by Crippen LogP contribution is 2.19. The number of hydrogen-bond donors (Lipinski definition) is 0. The monoisotopic (exact) mass is 232 g/mol. The largest absolute Gasteiger partial charge is 0.329 e. The second kappa shape index (κ2) is 4.59. The molecule has 0 heterocycles. The molecule has 1 aromatic carbocycles. The van der Waals surface area contributed by atoms with E-state index in [1.807, 2.05) is 0 Å². The van der Waals surface area contributed by atoms with E-state index in [2.05, 4.69) is 4.18 Å². The van der Waals surface area contributed by atoms with Gasteiger partial charge in [0.2, 0.25) is 5.12 Å². The van der Waals surface area contributed by atoms with Gasteiger partial charge >= 0.3 is 9.15 Å². The third kappa shape index (κ3) is 3.13. The van der Waals surface area contributed by atoms with Crippen LogP contribution in [0, 0.1) is 0 Å². The van der Waals surface area contributed by atoms with Crippen molar-refractivity contribution in [2.45, 2.75) is 0 Å². The van der Waals surface area contributed by atoms with E-state index in [9.17, 15) is 13.2 Å². The van der Waals surface area contributed by atoms with Gasteiger partial charge in [0, 0.05) is 5.56 Å². The summed E-state index contributed by atoms with van der Waals surface area (Å²) in [4.78, 5) is 11.3. The van der Waals surface area contributed by atoms with E-state index in [1.165, 1.54) is 0 Å². The highest BCUT2D eigenvalue weighted by Gasteiger charge is 2.17. The maximum absolute atomic E-state index is 11.3. The van der Waals surface area contributed by atoms with E-state index in [0.29, 0.717) is 5.56 Å². The summed E-state index contributed by atoms with van der Waals surface area (Å²) < 4.78 is 26.0. The van der Waals surface area contributed by atoms with Gasteiger partial charge in [-0.2, -0.15) is 8.42 Å². The van der Waals surface area contributed by atoms with Crippen molar-refractivity contribution >= 4 is 25.1 Å². The van der Waals surface area contributed by atoms with Crippen molar-refractivity contribution in [1.82, 2.24) is 0 Å². The zero-order chi connectivity index (χ0) is 10.6. The minimum Gasteiger partial charge on any atom is -0.280 e. The quantitative estimate of drug-likeness (QED) is 0.738. The molecule has 0 atom stereocenters. The molecular weight excluding hydrogens is 224 g/mol. The Balaban J connectivity index is 2.79. The van der Waals surface area contributed by atoms with E-state index in [1.54, 1.807) is 30.3 Å². The Labute approximate surface area is 85.8 Å². The van der Waals surface area contributed by atoms with E-state index in [-0.39, 0.29) is 10.8 Å². The third-order valence-electron chi connectivity index (χ3n) is 1.39. The Hall–Kier alpha value is -0.850. The van der Waals surface area contributed by atoms with Gasteiger partial charge in [-0.1, -0.05) is 30.3 Å². The Morgan fingerprint density at radius 1 is 1.29 bits per heavy atom. The molecule has 4 nitrogen and oxygen atoms in total. The topological polar surface area (TPSA) is 60.4 Å². The molecule has 1 aromatic rings. The van der Waals surface area contributed by atoms with Crippen molar-refractivity contribution in [2.24, 2.45) is 0 Å². The molecule has 0 saturated carbocycles. The third-order valence-corrected chi connectivity index (χ3v) is 3.87. The van der Waals surface area contributed by atoms with Crippen LogP contribution in [-0.2, 0) is 13.3 Å². The van der Waals surface area contributed by atoms with Crippen LogP contribution in [0.4, 0.5) is 0 Å². The summed E-state index contributed by atoms with van der Waals surface area (Å²) in [5, 5.41) is -0.549. The summed E-state index contributed by atoms with van der Waals surface area (Å²) in [6, 6.07) is 8.15. The molecule has 0 aliphatic rings. The summed E-state index contributed by atoms with van der Waals surface area (Å²) in [6.07, 6.45) is 0. The summed E-state index contributed by atoms with van der Waals surface area (Å²) >= 11 is 0. The van der Waals surface area contributed by atoms with Crippen molar-refractivity contribution < 1.29 is 17.4 Å². The molecule has 0 aliphatic carbocycles. The Kier molecular flexibility index (Phi) is 3.68. The van der Waals surface area contributed by atoms with Crippen molar-refractivity contribution in [3.63, 3.8) is 0 Å².